The molecule has 1 aliphatic heterocycles. The summed E-state index contributed by atoms with van der Waals surface area (Å²) >= 11 is 0. The largest absolute Gasteiger partial charge is 0.573 e. The predicted octanol–water partition coefficient (Wildman–Crippen LogP) is 6.31. The van der Waals surface area contributed by atoms with Crippen LogP contribution in [-0.2, 0) is 0 Å². The highest BCUT2D eigenvalue weighted by molar-refractivity contribution is 6.15. The van der Waals surface area contributed by atoms with Crippen molar-refractivity contribution in [1.82, 2.24) is 4.98 Å². The number of hydrogen-bond donors (Lipinski definition) is 0. The first-order chi connectivity index (χ1) is 14.5. The molecule has 1 aliphatic rings. The van der Waals surface area contributed by atoms with Crippen molar-refractivity contribution in [2.45, 2.75) is 19.2 Å². The second-order valence-corrected chi connectivity index (χ2v) is 6.91. The van der Waals surface area contributed by atoms with Crippen LogP contribution in [-0.4, -0.2) is 23.6 Å². The molecular weight excluding hydrogens is 389 g/mol. The van der Waals surface area contributed by atoms with Gasteiger partial charge in [0.1, 0.15) is 5.75 Å². The topological polar surface area (TPSA) is 34.5 Å². The number of benzene rings is 2. The molecular formula is C24H19F3N2O. The number of aliphatic imine (C=N–C) groups is 1. The summed E-state index contributed by atoms with van der Waals surface area (Å²) in [4.78, 5) is 8.86. The van der Waals surface area contributed by atoms with Crippen LogP contribution in [0.5, 0.6) is 5.75 Å². The van der Waals surface area contributed by atoms with Crippen LogP contribution >= 0.6 is 0 Å². The van der Waals surface area contributed by atoms with Crippen molar-refractivity contribution in [2.75, 3.05) is 6.54 Å². The molecule has 0 fully saturated rings. The van der Waals surface area contributed by atoms with Crippen LogP contribution in [0.15, 0.2) is 83.6 Å². The van der Waals surface area contributed by atoms with Gasteiger partial charge in [-0.1, -0.05) is 36.4 Å². The number of para-hydroxylation sites is 1. The van der Waals surface area contributed by atoms with Crippen LogP contribution in [0.3, 0.4) is 0 Å². The zero-order chi connectivity index (χ0) is 21.0. The zero-order valence-electron chi connectivity index (χ0n) is 16.1. The highest BCUT2D eigenvalue weighted by atomic mass is 19.4. The highest BCUT2D eigenvalue weighted by Crippen LogP contribution is 2.34. The second kappa shape index (κ2) is 8.53. The molecule has 0 atom stereocenters. The summed E-state index contributed by atoms with van der Waals surface area (Å²) < 4.78 is 42.5. The van der Waals surface area contributed by atoms with E-state index in [4.69, 9.17) is 0 Å². The van der Waals surface area contributed by atoms with E-state index in [1.165, 1.54) is 12.1 Å². The summed E-state index contributed by atoms with van der Waals surface area (Å²) in [6, 6.07) is 17.4. The molecule has 30 heavy (non-hydrogen) atoms. The van der Waals surface area contributed by atoms with Crippen molar-refractivity contribution < 1.29 is 17.9 Å². The Morgan fingerprint density at radius 2 is 1.77 bits per heavy atom. The molecule has 0 saturated heterocycles. The Labute approximate surface area is 172 Å². The van der Waals surface area contributed by atoms with Crippen LogP contribution in [0.1, 0.15) is 24.0 Å². The molecule has 2 heterocycles. The van der Waals surface area contributed by atoms with Gasteiger partial charge >= 0.3 is 6.36 Å². The van der Waals surface area contributed by atoms with Gasteiger partial charge in [0, 0.05) is 30.1 Å². The van der Waals surface area contributed by atoms with Crippen molar-refractivity contribution >= 4 is 11.8 Å². The Hall–Kier alpha value is -3.41. The summed E-state index contributed by atoms with van der Waals surface area (Å²) in [5.74, 6) is -0.218. The summed E-state index contributed by atoms with van der Waals surface area (Å²) in [6.45, 7) is 0.768. The molecule has 0 bridgehead atoms. The Morgan fingerprint density at radius 3 is 2.57 bits per heavy atom. The summed E-state index contributed by atoms with van der Waals surface area (Å²) in [5.41, 5.74) is 4.90. The van der Waals surface area contributed by atoms with Gasteiger partial charge in [-0.25, -0.2) is 0 Å². The van der Waals surface area contributed by atoms with Crippen LogP contribution < -0.4 is 4.74 Å². The fraction of sp³-hybridized carbons (Fsp3) is 0.167. The van der Waals surface area contributed by atoms with Crippen molar-refractivity contribution in [3.8, 4) is 16.9 Å². The molecule has 0 radical (unpaired) electrons. The standard InChI is InChI=1S/C24H19F3N2O/c25-24(26,27)30-22-11-2-1-10-21(22)18-7-3-6-17(14-18)15-19-8-5-13-29-23(19)20-9-4-12-28-16-20/h1-4,6-7,9-12,14-16H,5,8,13H2/b19-15+. The van der Waals surface area contributed by atoms with Crippen LogP contribution in [0.4, 0.5) is 13.2 Å². The lowest BCUT2D eigenvalue weighted by molar-refractivity contribution is -0.274. The number of nitrogens with zero attached hydrogens (tertiary/aromatic N) is 2. The molecule has 0 amide bonds. The van der Waals surface area contributed by atoms with Gasteiger partial charge in [-0.3, -0.25) is 9.98 Å². The Morgan fingerprint density at radius 1 is 0.933 bits per heavy atom. The molecule has 0 saturated carbocycles. The lowest BCUT2D eigenvalue weighted by atomic mass is 9.94. The van der Waals surface area contributed by atoms with E-state index in [2.05, 4.69) is 14.7 Å². The molecule has 1 aromatic heterocycles. The molecule has 0 N–H and O–H groups in total. The van der Waals surface area contributed by atoms with Crippen LogP contribution in [0.2, 0.25) is 0 Å². The van der Waals surface area contributed by atoms with Gasteiger partial charge < -0.3 is 4.74 Å². The number of alkyl halides is 3. The number of hydrogen-bond acceptors (Lipinski definition) is 3. The fourth-order valence-corrected chi connectivity index (χ4v) is 3.52. The van der Waals surface area contributed by atoms with E-state index in [1.54, 1.807) is 30.6 Å². The maximum absolute atomic E-state index is 12.8. The molecule has 3 nitrogen and oxygen atoms in total. The van der Waals surface area contributed by atoms with Crippen LogP contribution in [0, 0.1) is 0 Å². The Kier molecular flexibility index (Phi) is 5.65. The third-order valence-electron chi connectivity index (χ3n) is 4.76. The van der Waals surface area contributed by atoms with Gasteiger partial charge in [0.15, 0.2) is 0 Å². The minimum absolute atomic E-state index is 0.218. The molecule has 0 spiro atoms. The molecule has 152 valence electrons. The molecule has 4 rings (SSSR count). The third-order valence-corrected chi connectivity index (χ3v) is 4.76. The van der Waals surface area contributed by atoms with Gasteiger partial charge in [-0.05, 0) is 59.9 Å². The van der Waals surface area contributed by atoms with Crippen molar-refractivity contribution in [2.24, 2.45) is 4.99 Å². The molecule has 2 aromatic carbocycles. The summed E-state index contributed by atoms with van der Waals surface area (Å²) in [7, 11) is 0. The lowest BCUT2D eigenvalue weighted by Gasteiger charge is -2.17. The second-order valence-electron chi connectivity index (χ2n) is 6.91. The molecule has 6 heteroatoms. The number of ether oxygens (including phenoxy) is 1. The third kappa shape index (κ3) is 4.76. The summed E-state index contributed by atoms with van der Waals surface area (Å²) in [6.07, 6.45) is 2.65. The predicted molar refractivity (Wildman–Crippen MR) is 111 cm³/mol. The molecule has 3 aromatic rings. The Bertz CT molecular complexity index is 1090. The lowest BCUT2D eigenvalue weighted by Crippen LogP contribution is -2.17. The van der Waals surface area contributed by atoms with Gasteiger partial charge in [-0.15, -0.1) is 13.2 Å². The first-order valence-corrected chi connectivity index (χ1v) is 9.61. The Balaban J connectivity index is 1.70. The molecule has 0 aliphatic carbocycles. The minimum Gasteiger partial charge on any atom is -0.405 e. The van der Waals surface area contributed by atoms with Crippen molar-refractivity contribution in [3.05, 3.63) is 89.8 Å². The van der Waals surface area contributed by atoms with Gasteiger partial charge in [-0.2, -0.15) is 0 Å². The van der Waals surface area contributed by atoms with Gasteiger partial charge in [0.05, 0.1) is 5.71 Å². The van der Waals surface area contributed by atoms with Crippen molar-refractivity contribution in [3.63, 3.8) is 0 Å². The first kappa shape index (κ1) is 19.9. The van der Waals surface area contributed by atoms with E-state index in [9.17, 15) is 13.2 Å². The smallest absolute Gasteiger partial charge is 0.405 e. The summed E-state index contributed by atoms with van der Waals surface area (Å²) in [5, 5.41) is 0. The average molecular weight is 408 g/mol. The van der Waals surface area contributed by atoms with E-state index in [-0.39, 0.29) is 5.75 Å². The van der Waals surface area contributed by atoms with E-state index in [0.717, 1.165) is 41.8 Å². The van der Waals surface area contributed by atoms with Crippen LogP contribution in [0.25, 0.3) is 17.2 Å². The average Bonchev–Trinajstić information content (AvgIpc) is 2.74. The maximum atomic E-state index is 12.8. The minimum atomic E-state index is -4.74. The van der Waals surface area contributed by atoms with E-state index in [1.807, 2.05) is 36.4 Å². The van der Waals surface area contributed by atoms with Gasteiger partial charge in [0.2, 0.25) is 0 Å². The fourth-order valence-electron chi connectivity index (χ4n) is 3.52. The number of pyridine rings is 1. The molecule has 0 unspecified atom stereocenters. The highest BCUT2D eigenvalue weighted by Gasteiger charge is 2.32. The normalized spacial score (nSPS) is 15.7. The van der Waals surface area contributed by atoms with Crippen molar-refractivity contribution in [1.29, 1.82) is 0 Å². The van der Waals surface area contributed by atoms with E-state index in [0.29, 0.717) is 11.1 Å². The quantitative estimate of drug-likeness (QED) is 0.507. The maximum Gasteiger partial charge on any atom is 0.573 e. The SMILES string of the molecule is FC(F)(F)Oc1ccccc1-c1cccc(/C=C2\CCCN=C2c2cccnc2)c1. The van der Waals surface area contributed by atoms with E-state index < -0.39 is 6.36 Å². The monoisotopic (exact) mass is 408 g/mol. The first-order valence-electron chi connectivity index (χ1n) is 9.61. The number of halogens is 3. The zero-order valence-corrected chi connectivity index (χ0v) is 16.1. The van der Waals surface area contributed by atoms with E-state index >= 15 is 0 Å². The number of allylic oxidation sites excluding steroid dienone is 1. The number of aromatic nitrogens is 1. The van der Waals surface area contributed by atoms with Gasteiger partial charge in [0.25, 0.3) is 0 Å². The number of rotatable bonds is 4.